The molecule has 1 aliphatic carbocycles. The van der Waals surface area contributed by atoms with Gasteiger partial charge in [-0.1, -0.05) is 12.8 Å². The fraction of sp³-hybridized carbons (Fsp3) is 0.800. The van der Waals surface area contributed by atoms with E-state index in [-0.39, 0.29) is 38.1 Å². The quantitative estimate of drug-likeness (QED) is 0.564. The second-order valence-electron chi connectivity index (χ2n) is 1.94. The summed E-state index contributed by atoms with van der Waals surface area (Å²) in [5, 5.41) is 0. The van der Waals surface area contributed by atoms with Gasteiger partial charge in [-0.05, 0) is 0 Å². The average molecular weight is 314 g/mol. The maximum atomic E-state index is 7.06. The molecule has 60 valence electrons. The van der Waals surface area contributed by atoms with E-state index < -0.39 is 0 Å². The van der Waals surface area contributed by atoms with E-state index >= 15 is 0 Å². The Morgan fingerprint density at radius 1 is 1.22 bits per heavy atom. The van der Waals surface area contributed by atoms with Gasteiger partial charge in [-0.25, -0.2) is 0 Å². The van der Waals surface area contributed by atoms with Crippen LogP contribution in [0.4, 0.5) is 0 Å². The van der Waals surface area contributed by atoms with Gasteiger partial charge in [-0.2, -0.15) is 12.0 Å². The van der Waals surface area contributed by atoms with E-state index in [1.807, 2.05) is 0 Å². The number of rotatable bonds is 0. The van der Waals surface area contributed by atoms with Crippen LogP contribution in [0.3, 0.4) is 0 Å². The molecule has 0 amide bonds. The van der Waals surface area contributed by atoms with Crippen LogP contribution < -0.4 is 0 Å². The van der Waals surface area contributed by atoms with Gasteiger partial charge >= 0.3 is 21.1 Å². The molecule has 9 heavy (non-hydrogen) atoms. The van der Waals surface area contributed by atoms with Crippen LogP contribution in [0.1, 0.15) is 12.8 Å². The molecule has 1 fully saturated rings. The van der Waals surface area contributed by atoms with Crippen LogP contribution >= 0.6 is 0 Å². The van der Waals surface area contributed by atoms with E-state index in [0.717, 1.165) is 6.42 Å². The zero-order valence-electron chi connectivity index (χ0n) is 5.09. The Hall–Kier alpha value is 0.568. The Labute approximate surface area is 69.9 Å². The van der Waals surface area contributed by atoms with Crippen LogP contribution in [0.2, 0.25) is 0 Å². The predicted octanol–water partition coefficient (Wildman–Crippen LogP) is -0.000610. The van der Waals surface area contributed by atoms with Crippen LogP contribution in [0, 0.1) is 12.8 Å². The normalized spacial score (nSPS) is 30.0. The zero-order chi connectivity index (χ0) is 4.57. The number of hydrogen-bond donors (Lipinski definition) is 0. The Kier molecular flexibility index (Phi) is 12.1. The van der Waals surface area contributed by atoms with Crippen molar-refractivity contribution in [2.45, 2.75) is 18.9 Å². The maximum Gasteiger partial charge on any atom is 2.00 e. The van der Waals surface area contributed by atoms with Crippen molar-refractivity contribution in [3.63, 3.8) is 0 Å². The summed E-state index contributed by atoms with van der Waals surface area (Å²) in [5.74, 6) is 0.449. The van der Waals surface area contributed by atoms with Gasteiger partial charge in [0.2, 0.25) is 0 Å². The van der Waals surface area contributed by atoms with Crippen molar-refractivity contribution < 1.29 is 32.0 Å². The van der Waals surface area contributed by atoms with Crippen molar-refractivity contribution in [1.82, 2.24) is 0 Å². The Balaban J connectivity index is -0.000000120. The molecule has 4 heteroatoms. The second-order valence-corrected chi connectivity index (χ2v) is 1.94. The van der Waals surface area contributed by atoms with Crippen molar-refractivity contribution in [2.24, 2.45) is 5.92 Å². The number of hydrogen-bond acceptors (Lipinski definition) is 0. The van der Waals surface area contributed by atoms with E-state index in [2.05, 4.69) is 6.92 Å². The first-order valence-corrected chi connectivity index (χ1v) is 2.35. The molecule has 0 bridgehead atoms. The van der Waals surface area contributed by atoms with E-state index in [4.69, 9.17) is 5.73 Å². The molecule has 3 nitrogen and oxygen atoms in total. The molecule has 0 spiro atoms. The third-order valence-corrected chi connectivity index (χ3v) is 1.42. The first-order chi connectivity index (χ1) is 2.80. The second kappa shape index (κ2) is 6.69. The van der Waals surface area contributed by atoms with E-state index in [1.54, 1.807) is 0 Å². The molecule has 5 N–H and O–H groups in total. The van der Waals surface area contributed by atoms with Gasteiger partial charge < -0.3 is 23.6 Å². The number of nitrogens with one attached hydrogen (secondary N) is 1. The summed E-state index contributed by atoms with van der Waals surface area (Å²) < 4.78 is 0. The van der Waals surface area contributed by atoms with Crippen LogP contribution in [0.25, 0.3) is 5.73 Å². The molecule has 0 radical (unpaired) electrons. The van der Waals surface area contributed by atoms with Crippen molar-refractivity contribution in [1.29, 1.82) is 0 Å². The van der Waals surface area contributed by atoms with Crippen LogP contribution in [-0.4, -0.2) is 17.0 Å². The molecule has 0 heterocycles. The molecule has 0 saturated heterocycles. The Morgan fingerprint density at radius 2 is 1.56 bits per heavy atom. The van der Waals surface area contributed by atoms with Crippen LogP contribution in [0.5, 0.6) is 0 Å². The fourth-order valence-corrected chi connectivity index (χ4v) is 0.569. The largest absolute Gasteiger partial charge is 2.00 e. The van der Waals surface area contributed by atoms with E-state index in [9.17, 15) is 0 Å². The van der Waals surface area contributed by atoms with Crippen LogP contribution in [0.15, 0.2) is 0 Å². The summed E-state index contributed by atoms with van der Waals surface area (Å²) in [6.07, 6.45) is 2.25. The molecule has 1 saturated carbocycles. The van der Waals surface area contributed by atoms with E-state index in [1.165, 1.54) is 6.42 Å². The van der Waals surface area contributed by atoms with Gasteiger partial charge in [-0.15, -0.1) is 0 Å². The molecule has 1 aliphatic rings. The first kappa shape index (κ1) is 16.3. The molecule has 0 aromatic heterocycles. The third-order valence-electron chi connectivity index (χ3n) is 1.42. The molecule has 1 rings (SSSR count). The zero-order valence-corrected chi connectivity index (χ0v) is 7.36. The molecule has 0 aromatic carbocycles. The smallest absolute Gasteiger partial charge is 0.677 e. The Bertz CT molecular complexity index is 54.9. The molecule has 2 atom stereocenters. The summed E-state index contributed by atoms with van der Waals surface area (Å²) in [7, 11) is 0. The van der Waals surface area contributed by atoms with Crippen molar-refractivity contribution in [3.8, 4) is 0 Å². The van der Waals surface area contributed by atoms with Crippen molar-refractivity contribution in [2.75, 3.05) is 0 Å². The van der Waals surface area contributed by atoms with Gasteiger partial charge in [0.15, 0.2) is 0 Å². The molecule has 0 aliphatic heterocycles. The monoisotopic (exact) mass is 314 g/mol. The summed E-state index contributed by atoms with van der Waals surface area (Å²) in [5.41, 5.74) is 7.06. The summed E-state index contributed by atoms with van der Waals surface area (Å²) >= 11 is 0. The van der Waals surface area contributed by atoms with Crippen molar-refractivity contribution >= 4 is 0 Å². The van der Waals surface area contributed by atoms with Gasteiger partial charge in [0.25, 0.3) is 0 Å². The van der Waals surface area contributed by atoms with Crippen molar-refractivity contribution in [3.05, 3.63) is 12.7 Å². The minimum absolute atomic E-state index is 0. The standard InChI is InChI=1S/C5H9N.2H2O.Pt/c1-4-2-3-5(4)6;;;/h4-6H,1-3H2;2*1H2;/q-2;;;+2. The van der Waals surface area contributed by atoms with Gasteiger partial charge in [0.05, 0.1) is 0 Å². The molecule has 2 unspecified atom stereocenters. The third kappa shape index (κ3) is 4.04. The molecule has 0 aromatic rings. The SMILES string of the molecule is O.O.[CH2-]C1CCC1[NH-].[Pt+2]. The molecular formula is C5H13NO2Pt. The maximum absolute atomic E-state index is 7.06. The Morgan fingerprint density at radius 3 is 1.56 bits per heavy atom. The van der Waals surface area contributed by atoms with Crippen LogP contribution in [-0.2, 0) is 21.1 Å². The topological polar surface area (TPSA) is 86.8 Å². The van der Waals surface area contributed by atoms with Gasteiger partial charge in [-0.3, -0.25) is 0 Å². The minimum Gasteiger partial charge on any atom is -0.677 e. The minimum atomic E-state index is 0. The molecular weight excluding hydrogens is 301 g/mol. The summed E-state index contributed by atoms with van der Waals surface area (Å²) in [6.45, 7) is 3.74. The van der Waals surface area contributed by atoms with Gasteiger partial charge in [0, 0.05) is 0 Å². The predicted molar refractivity (Wildman–Crippen MR) is 33.4 cm³/mol. The summed E-state index contributed by atoms with van der Waals surface area (Å²) in [6, 6.07) is 0.171. The average Bonchev–Trinajstić information content (AvgIpc) is 1.61. The summed E-state index contributed by atoms with van der Waals surface area (Å²) in [4.78, 5) is 0. The first-order valence-electron chi connectivity index (χ1n) is 2.35. The van der Waals surface area contributed by atoms with E-state index in [0.29, 0.717) is 5.92 Å². The fourth-order valence-electron chi connectivity index (χ4n) is 0.569. The van der Waals surface area contributed by atoms with Gasteiger partial charge in [0.1, 0.15) is 0 Å².